The topological polar surface area (TPSA) is 58.4 Å². The van der Waals surface area contributed by atoms with Crippen LogP contribution in [0.2, 0.25) is 0 Å². The fourth-order valence-electron chi connectivity index (χ4n) is 1.17. The van der Waals surface area contributed by atoms with Gasteiger partial charge >= 0.3 is 6.03 Å². The van der Waals surface area contributed by atoms with Crippen LogP contribution in [0.1, 0.15) is 6.92 Å². The van der Waals surface area contributed by atoms with Crippen molar-refractivity contribution in [3.63, 3.8) is 0 Å². The minimum atomic E-state index is -0.530. The molecule has 3 N–H and O–H groups in total. The van der Waals surface area contributed by atoms with Crippen molar-refractivity contribution in [3.8, 4) is 0 Å². The van der Waals surface area contributed by atoms with Crippen molar-refractivity contribution in [1.29, 1.82) is 0 Å². The summed E-state index contributed by atoms with van der Waals surface area (Å²) in [5.74, 6) is 4.53. The lowest BCUT2D eigenvalue weighted by Crippen LogP contribution is -2.43. The van der Waals surface area contributed by atoms with Gasteiger partial charge in [0.1, 0.15) is 5.82 Å². The number of benzene rings is 1. The Balaban J connectivity index is 3.01. The third-order valence-corrected chi connectivity index (χ3v) is 1.83. The fraction of sp³-hybridized carbons (Fsp3) is 0.222. The number of hydrazine groups is 1. The highest BCUT2D eigenvalue weighted by atomic mass is 19.1. The number of carbonyl (C=O) groups is 1. The van der Waals surface area contributed by atoms with Crippen LogP contribution in [0.5, 0.6) is 0 Å². The average Bonchev–Trinajstić information content (AvgIpc) is 2.21. The van der Waals surface area contributed by atoms with Gasteiger partial charge < -0.3 is 0 Å². The van der Waals surface area contributed by atoms with E-state index in [4.69, 9.17) is 5.84 Å². The third kappa shape index (κ3) is 2.00. The lowest BCUT2D eigenvalue weighted by molar-refractivity contribution is 0.246. The second-order valence-electron chi connectivity index (χ2n) is 2.65. The molecule has 2 amide bonds. The van der Waals surface area contributed by atoms with Crippen molar-refractivity contribution in [1.82, 2.24) is 5.43 Å². The largest absolute Gasteiger partial charge is 0.336 e. The molecule has 0 radical (unpaired) electrons. The van der Waals surface area contributed by atoms with Crippen LogP contribution < -0.4 is 16.2 Å². The summed E-state index contributed by atoms with van der Waals surface area (Å²) in [7, 11) is 0. The third-order valence-electron chi connectivity index (χ3n) is 1.83. The Hall–Kier alpha value is -1.62. The van der Waals surface area contributed by atoms with Gasteiger partial charge in [-0.2, -0.15) is 0 Å². The number of anilines is 1. The fourth-order valence-corrected chi connectivity index (χ4v) is 1.17. The Bertz CT molecular complexity index is 330. The smallest absolute Gasteiger partial charge is 0.291 e. The summed E-state index contributed by atoms with van der Waals surface area (Å²) >= 11 is 0. The molecular weight excluding hydrogens is 185 g/mol. The molecule has 0 spiro atoms. The van der Waals surface area contributed by atoms with Crippen LogP contribution in [0.25, 0.3) is 0 Å². The molecule has 76 valence electrons. The van der Waals surface area contributed by atoms with Crippen molar-refractivity contribution < 1.29 is 9.18 Å². The summed E-state index contributed by atoms with van der Waals surface area (Å²) in [6.45, 7) is 2.09. The van der Waals surface area contributed by atoms with Crippen molar-refractivity contribution in [2.24, 2.45) is 5.84 Å². The van der Waals surface area contributed by atoms with E-state index in [1.54, 1.807) is 19.1 Å². The number of carbonyl (C=O) groups excluding carboxylic acids is 1. The van der Waals surface area contributed by atoms with Gasteiger partial charge in [-0.05, 0) is 19.1 Å². The first-order chi connectivity index (χ1) is 6.70. The van der Waals surface area contributed by atoms with Gasteiger partial charge in [-0.1, -0.05) is 12.1 Å². The average molecular weight is 197 g/mol. The molecule has 1 aromatic rings. The van der Waals surface area contributed by atoms with E-state index in [1.165, 1.54) is 17.0 Å². The predicted octanol–water partition coefficient (Wildman–Crippen LogP) is 1.24. The molecule has 4 nitrogen and oxygen atoms in total. The van der Waals surface area contributed by atoms with Gasteiger partial charge in [-0.3, -0.25) is 10.3 Å². The van der Waals surface area contributed by atoms with E-state index in [-0.39, 0.29) is 5.69 Å². The maximum Gasteiger partial charge on any atom is 0.336 e. The zero-order valence-electron chi connectivity index (χ0n) is 7.83. The molecule has 0 aromatic heterocycles. The van der Waals surface area contributed by atoms with Crippen LogP contribution in [0, 0.1) is 5.82 Å². The van der Waals surface area contributed by atoms with E-state index in [2.05, 4.69) is 0 Å². The van der Waals surface area contributed by atoms with Crippen LogP contribution in [0.3, 0.4) is 0 Å². The summed E-state index contributed by atoms with van der Waals surface area (Å²) in [6.07, 6.45) is 0. The normalized spacial score (nSPS) is 9.64. The molecule has 0 aliphatic rings. The number of hydrogen-bond acceptors (Lipinski definition) is 2. The molecule has 0 saturated carbocycles. The molecule has 0 atom stereocenters. The standard InChI is InChI=1S/C9H12FN3O/c1-2-13(9(14)12-11)8-6-4-3-5-7(8)10/h3-6H,2,11H2,1H3,(H,12,14). The lowest BCUT2D eigenvalue weighted by Gasteiger charge is -2.20. The summed E-state index contributed by atoms with van der Waals surface area (Å²) < 4.78 is 13.3. The van der Waals surface area contributed by atoms with Crippen molar-refractivity contribution in [2.75, 3.05) is 11.4 Å². The van der Waals surface area contributed by atoms with Gasteiger partial charge in [0, 0.05) is 6.54 Å². The number of nitrogens with zero attached hydrogens (tertiary/aromatic N) is 1. The van der Waals surface area contributed by atoms with Gasteiger partial charge in [0.05, 0.1) is 5.69 Å². The molecule has 0 saturated heterocycles. The first-order valence-electron chi connectivity index (χ1n) is 4.23. The van der Waals surface area contributed by atoms with E-state index in [0.717, 1.165) is 0 Å². The second kappa shape index (κ2) is 4.57. The Morgan fingerprint density at radius 2 is 2.21 bits per heavy atom. The number of nitrogens with two attached hydrogens (primary N) is 1. The Morgan fingerprint density at radius 1 is 1.57 bits per heavy atom. The zero-order chi connectivity index (χ0) is 10.6. The van der Waals surface area contributed by atoms with E-state index in [9.17, 15) is 9.18 Å². The molecule has 14 heavy (non-hydrogen) atoms. The van der Waals surface area contributed by atoms with Crippen molar-refractivity contribution in [3.05, 3.63) is 30.1 Å². The molecule has 1 aromatic carbocycles. The number of amides is 2. The summed E-state index contributed by atoms with van der Waals surface area (Å²) in [5, 5.41) is 0. The molecule has 1 rings (SSSR count). The molecular formula is C9H12FN3O. The Morgan fingerprint density at radius 3 is 2.71 bits per heavy atom. The number of nitrogens with one attached hydrogen (secondary N) is 1. The number of halogens is 1. The minimum Gasteiger partial charge on any atom is -0.291 e. The minimum absolute atomic E-state index is 0.220. The summed E-state index contributed by atoms with van der Waals surface area (Å²) in [4.78, 5) is 12.4. The van der Waals surface area contributed by atoms with Gasteiger partial charge in [0.2, 0.25) is 0 Å². The summed E-state index contributed by atoms with van der Waals surface area (Å²) in [5.41, 5.74) is 2.18. The molecule has 0 unspecified atom stereocenters. The number of urea groups is 1. The van der Waals surface area contributed by atoms with Crippen LogP contribution >= 0.6 is 0 Å². The molecule has 5 heteroatoms. The SMILES string of the molecule is CCN(C(=O)NN)c1ccccc1F. The van der Waals surface area contributed by atoms with Crippen molar-refractivity contribution >= 4 is 11.7 Å². The number of hydrogen-bond donors (Lipinski definition) is 2. The van der Waals surface area contributed by atoms with Gasteiger partial charge in [-0.15, -0.1) is 0 Å². The lowest BCUT2D eigenvalue weighted by atomic mass is 10.3. The first-order valence-corrected chi connectivity index (χ1v) is 4.23. The summed E-state index contributed by atoms with van der Waals surface area (Å²) in [6, 6.07) is 5.51. The first kappa shape index (κ1) is 10.5. The molecule has 0 aliphatic carbocycles. The molecule has 0 aliphatic heterocycles. The highest BCUT2D eigenvalue weighted by Gasteiger charge is 2.15. The van der Waals surface area contributed by atoms with Gasteiger partial charge in [0.25, 0.3) is 0 Å². The van der Waals surface area contributed by atoms with Crippen molar-refractivity contribution in [2.45, 2.75) is 6.92 Å². The highest BCUT2D eigenvalue weighted by Crippen LogP contribution is 2.17. The van der Waals surface area contributed by atoms with E-state index < -0.39 is 11.8 Å². The Labute approximate surface area is 81.5 Å². The Kier molecular flexibility index (Phi) is 3.41. The van der Waals surface area contributed by atoms with E-state index >= 15 is 0 Å². The highest BCUT2D eigenvalue weighted by molar-refractivity contribution is 5.91. The maximum atomic E-state index is 13.3. The number of rotatable bonds is 2. The monoisotopic (exact) mass is 197 g/mol. The van der Waals surface area contributed by atoms with E-state index in [1.807, 2.05) is 5.43 Å². The van der Waals surface area contributed by atoms with E-state index in [0.29, 0.717) is 6.54 Å². The predicted molar refractivity (Wildman–Crippen MR) is 52.1 cm³/mol. The quantitative estimate of drug-likeness (QED) is 0.425. The molecule has 0 bridgehead atoms. The van der Waals surface area contributed by atoms with Crippen LogP contribution in [0.15, 0.2) is 24.3 Å². The van der Waals surface area contributed by atoms with Gasteiger partial charge in [0.15, 0.2) is 0 Å². The zero-order valence-corrected chi connectivity index (χ0v) is 7.83. The number of para-hydroxylation sites is 1. The van der Waals surface area contributed by atoms with Crippen LogP contribution in [0.4, 0.5) is 14.9 Å². The maximum absolute atomic E-state index is 13.3. The molecule has 0 heterocycles. The second-order valence-corrected chi connectivity index (χ2v) is 2.65. The van der Waals surface area contributed by atoms with Crippen LogP contribution in [-0.2, 0) is 0 Å². The van der Waals surface area contributed by atoms with Crippen LogP contribution in [-0.4, -0.2) is 12.6 Å². The molecule has 0 fully saturated rings. The van der Waals surface area contributed by atoms with Gasteiger partial charge in [-0.25, -0.2) is 15.0 Å².